The van der Waals surface area contributed by atoms with Gasteiger partial charge in [0.05, 0.1) is 11.4 Å². The summed E-state index contributed by atoms with van der Waals surface area (Å²) in [4.78, 5) is 32.5. The molecule has 0 spiro atoms. The Morgan fingerprint density at radius 2 is 1.77 bits per heavy atom. The van der Waals surface area contributed by atoms with Crippen LogP contribution in [-0.4, -0.2) is 49.0 Å². The summed E-state index contributed by atoms with van der Waals surface area (Å²) >= 11 is 1.47. The van der Waals surface area contributed by atoms with E-state index in [9.17, 15) is 9.59 Å². The summed E-state index contributed by atoms with van der Waals surface area (Å²) in [7, 11) is 0. The first kappa shape index (κ1) is 19.4. The van der Waals surface area contributed by atoms with Crippen molar-refractivity contribution in [3.05, 3.63) is 46.4 Å². The van der Waals surface area contributed by atoms with Crippen molar-refractivity contribution in [1.29, 1.82) is 0 Å². The molecule has 5 rings (SSSR count). The van der Waals surface area contributed by atoms with Crippen LogP contribution in [0.1, 0.15) is 37.8 Å². The summed E-state index contributed by atoms with van der Waals surface area (Å²) < 4.78 is 3.61. The first-order chi connectivity index (χ1) is 14.7. The van der Waals surface area contributed by atoms with Crippen molar-refractivity contribution < 1.29 is 4.79 Å². The fourth-order valence-electron chi connectivity index (χ4n) is 4.39. The number of rotatable bonds is 4. The summed E-state index contributed by atoms with van der Waals surface area (Å²) in [5.74, 6) is 1.02. The van der Waals surface area contributed by atoms with Crippen LogP contribution in [0.3, 0.4) is 0 Å². The third kappa shape index (κ3) is 3.53. The fraction of sp³-hybridized carbons (Fsp3) is 0.455. The molecule has 0 unspecified atom stereocenters. The first-order valence-corrected chi connectivity index (χ1v) is 11.7. The number of thioether (sulfide) groups is 1. The molecule has 0 bridgehead atoms. The van der Waals surface area contributed by atoms with Crippen molar-refractivity contribution >= 4 is 17.7 Å². The predicted molar refractivity (Wildman–Crippen MR) is 116 cm³/mol. The molecule has 4 heterocycles. The molecule has 0 radical (unpaired) electrons. The smallest absolute Gasteiger partial charge is 0.284 e. The lowest BCUT2D eigenvalue weighted by atomic mass is 10.1. The lowest BCUT2D eigenvalue weighted by Crippen LogP contribution is -2.29. The maximum Gasteiger partial charge on any atom is 0.284 e. The topological polar surface area (TPSA) is 73.0 Å². The van der Waals surface area contributed by atoms with Gasteiger partial charge >= 0.3 is 0 Å². The molecule has 0 atom stereocenters. The highest BCUT2D eigenvalue weighted by atomic mass is 32.2. The normalized spacial score (nSPS) is 16.6. The molecule has 1 saturated heterocycles. The molecule has 1 amide bonds. The SMILES string of the molecule is O=C(CSc1nc2nn(-c3ccccc3)c(=O)c-2c2n1CCCCC2)N1CCCC1. The second-order valence-electron chi connectivity index (χ2n) is 7.93. The molecule has 8 heteroatoms. The molecule has 4 aliphatic rings. The molecule has 1 fully saturated rings. The van der Waals surface area contributed by atoms with Gasteiger partial charge in [0.15, 0.2) is 11.0 Å². The Kier molecular flexibility index (Phi) is 5.33. The van der Waals surface area contributed by atoms with Gasteiger partial charge in [0.25, 0.3) is 5.56 Å². The zero-order valence-corrected chi connectivity index (χ0v) is 17.7. The minimum atomic E-state index is -0.112. The number of carbonyl (C=O) groups excluding carboxylic acids is 1. The minimum absolute atomic E-state index is 0.112. The Morgan fingerprint density at radius 3 is 2.57 bits per heavy atom. The second kappa shape index (κ2) is 8.26. The van der Waals surface area contributed by atoms with E-state index >= 15 is 0 Å². The molecule has 156 valence electrons. The maximum atomic E-state index is 13.2. The number of likely N-dealkylation sites (tertiary alicyclic amines) is 1. The van der Waals surface area contributed by atoms with E-state index in [0.717, 1.165) is 74.7 Å². The Labute approximate surface area is 179 Å². The number of amides is 1. The lowest BCUT2D eigenvalue weighted by Gasteiger charge is -2.19. The van der Waals surface area contributed by atoms with Crippen LogP contribution in [0.4, 0.5) is 0 Å². The zero-order chi connectivity index (χ0) is 20.5. The van der Waals surface area contributed by atoms with Gasteiger partial charge in [0, 0.05) is 25.3 Å². The van der Waals surface area contributed by atoms with Crippen LogP contribution in [0, 0.1) is 0 Å². The standard InChI is InChI=1S/C22H25N5O2S/c28-18(25-12-7-8-13-25)15-30-22-23-20-19(17-11-5-2-6-14-26(17)22)21(29)27(24-20)16-9-3-1-4-10-16/h1,3-4,9-10H,2,5-8,11-15H2. The van der Waals surface area contributed by atoms with E-state index in [2.05, 4.69) is 9.67 Å². The van der Waals surface area contributed by atoms with Crippen molar-refractivity contribution in [3.63, 3.8) is 0 Å². The van der Waals surface area contributed by atoms with Crippen molar-refractivity contribution in [2.45, 2.75) is 50.2 Å². The molecule has 7 nitrogen and oxygen atoms in total. The van der Waals surface area contributed by atoms with Crippen LogP contribution in [0.5, 0.6) is 0 Å². The highest BCUT2D eigenvalue weighted by molar-refractivity contribution is 7.99. The maximum absolute atomic E-state index is 13.2. The molecule has 0 aromatic heterocycles. The summed E-state index contributed by atoms with van der Waals surface area (Å²) in [6, 6.07) is 9.47. The van der Waals surface area contributed by atoms with Gasteiger partial charge in [-0.25, -0.2) is 4.98 Å². The van der Waals surface area contributed by atoms with Crippen molar-refractivity contribution in [3.8, 4) is 17.1 Å². The van der Waals surface area contributed by atoms with Gasteiger partial charge in [0.2, 0.25) is 5.91 Å². The highest BCUT2D eigenvalue weighted by Crippen LogP contribution is 2.30. The number of carbonyl (C=O) groups is 1. The van der Waals surface area contributed by atoms with Crippen LogP contribution in [0.15, 0.2) is 40.3 Å². The van der Waals surface area contributed by atoms with E-state index in [1.807, 2.05) is 35.2 Å². The lowest BCUT2D eigenvalue weighted by molar-refractivity contribution is -0.127. The van der Waals surface area contributed by atoms with Gasteiger partial charge in [-0.1, -0.05) is 36.4 Å². The van der Waals surface area contributed by atoms with Crippen LogP contribution in [-0.2, 0) is 17.8 Å². The molecule has 4 aliphatic heterocycles. The molecule has 1 aromatic rings. The summed E-state index contributed by atoms with van der Waals surface area (Å²) in [6.45, 7) is 2.55. The fourth-order valence-corrected chi connectivity index (χ4v) is 5.34. The second-order valence-corrected chi connectivity index (χ2v) is 8.87. The third-order valence-corrected chi connectivity index (χ3v) is 6.91. The monoisotopic (exact) mass is 423 g/mol. The van der Waals surface area contributed by atoms with Gasteiger partial charge < -0.3 is 9.47 Å². The summed E-state index contributed by atoms with van der Waals surface area (Å²) in [6.07, 6.45) is 6.25. The molecular weight excluding hydrogens is 398 g/mol. The Morgan fingerprint density at radius 1 is 1.00 bits per heavy atom. The quantitative estimate of drug-likeness (QED) is 0.477. The van der Waals surface area contributed by atoms with Gasteiger partial charge in [0.1, 0.15) is 5.56 Å². The van der Waals surface area contributed by atoms with E-state index in [1.54, 1.807) is 0 Å². The summed E-state index contributed by atoms with van der Waals surface area (Å²) in [5, 5.41) is 5.35. The van der Waals surface area contributed by atoms with Gasteiger partial charge in [-0.15, -0.1) is 5.10 Å². The summed E-state index contributed by atoms with van der Waals surface area (Å²) in [5.41, 5.74) is 2.27. The van der Waals surface area contributed by atoms with E-state index in [4.69, 9.17) is 4.98 Å². The number of benzene rings is 1. The van der Waals surface area contributed by atoms with Gasteiger partial charge in [-0.3, -0.25) is 9.59 Å². The highest BCUT2D eigenvalue weighted by Gasteiger charge is 2.27. The zero-order valence-electron chi connectivity index (χ0n) is 16.9. The molecule has 30 heavy (non-hydrogen) atoms. The van der Waals surface area contributed by atoms with Crippen LogP contribution in [0.25, 0.3) is 17.1 Å². The number of nitrogens with zero attached hydrogens (tertiary/aromatic N) is 5. The number of hydrogen-bond donors (Lipinski definition) is 0. The van der Waals surface area contributed by atoms with E-state index in [0.29, 0.717) is 17.1 Å². The average molecular weight is 424 g/mol. The Balaban J connectivity index is 1.56. The molecule has 1 aromatic carbocycles. The van der Waals surface area contributed by atoms with Crippen molar-refractivity contribution in [2.75, 3.05) is 18.8 Å². The largest absolute Gasteiger partial charge is 0.342 e. The number of para-hydroxylation sites is 1. The Hall–Kier alpha value is -2.61. The molecular formula is C22H25N5O2S. The Bertz CT molecular complexity index is 1080. The van der Waals surface area contributed by atoms with Crippen LogP contribution in [0.2, 0.25) is 0 Å². The van der Waals surface area contributed by atoms with Gasteiger partial charge in [-0.05, 0) is 44.2 Å². The van der Waals surface area contributed by atoms with Crippen molar-refractivity contribution in [1.82, 2.24) is 24.2 Å². The molecule has 0 saturated carbocycles. The van der Waals surface area contributed by atoms with Crippen molar-refractivity contribution in [2.24, 2.45) is 0 Å². The first-order valence-electron chi connectivity index (χ1n) is 10.7. The van der Waals surface area contributed by atoms with Crippen LogP contribution >= 0.6 is 11.8 Å². The minimum Gasteiger partial charge on any atom is -0.342 e. The third-order valence-electron chi connectivity index (χ3n) is 5.95. The van der Waals surface area contributed by atoms with E-state index < -0.39 is 0 Å². The number of hydrogen-bond acceptors (Lipinski definition) is 5. The van der Waals surface area contributed by atoms with E-state index in [-0.39, 0.29) is 11.5 Å². The average Bonchev–Trinajstić information content (AvgIpc) is 3.35. The van der Waals surface area contributed by atoms with Crippen LogP contribution < -0.4 is 5.56 Å². The van der Waals surface area contributed by atoms with E-state index in [1.165, 1.54) is 16.4 Å². The van der Waals surface area contributed by atoms with Gasteiger partial charge in [-0.2, -0.15) is 4.68 Å². The predicted octanol–water partition coefficient (Wildman–Crippen LogP) is 2.97. The molecule has 0 N–H and O–H groups in total. The number of fused-ring (bicyclic) bond motifs is 3. The molecule has 0 aliphatic carbocycles. The number of aromatic nitrogens is 4.